The van der Waals surface area contributed by atoms with E-state index in [0.717, 1.165) is 12.1 Å². The van der Waals surface area contributed by atoms with Crippen molar-refractivity contribution >= 4 is 17.0 Å². The Kier molecular flexibility index (Phi) is 3.56. The standard InChI is InChI=1S/C13H10F4N2O2/c1-5(2)9-8(14)4-6-3-7(12(20)21)10(13(15,16)17)19-11(6)18-9/h3-5H,1-2H3,(H,20,21). The van der Waals surface area contributed by atoms with Crippen molar-refractivity contribution < 1.29 is 27.5 Å². The molecule has 0 aliphatic heterocycles. The van der Waals surface area contributed by atoms with Gasteiger partial charge in [0.05, 0.1) is 11.3 Å². The van der Waals surface area contributed by atoms with E-state index in [-0.39, 0.29) is 22.6 Å². The quantitative estimate of drug-likeness (QED) is 0.861. The lowest BCUT2D eigenvalue weighted by atomic mass is 10.1. The molecule has 8 heteroatoms. The summed E-state index contributed by atoms with van der Waals surface area (Å²) in [5.41, 5.74) is -2.94. The van der Waals surface area contributed by atoms with Gasteiger partial charge in [0.2, 0.25) is 0 Å². The van der Waals surface area contributed by atoms with Crippen molar-refractivity contribution in [3.05, 3.63) is 34.9 Å². The predicted molar refractivity (Wildman–Crippen MR) is 65.5 cm³/mol. The largest absolute Gasteiger partial charge is 0.478 e. The van der Waals surface area contributed by atoms with Crippen molar-refractivity contribution in [1.82, 2.24) is 9.97 Å². The molecule has 0 amide bonds. The fourth-order valence-electron chi connectivity index (χ4n) is 1.88. The maximum Gasteiger partial charge on any atom is 0.434 e. The van der Waals surface area contributed by atoms with Crippen molar-refractivity contribution in [3.63, 3.8) is 0 Å². The molecule has 4 nitrogen and oxygen atoms in total. The first-order chi connectivity index (χ1) is 9.61. The Hall–Kier alpha value is -2.25. The molecule has 0 fully saturated rings. The number of nitrogens with zero attached hydrogens (tertiary/aromatic N) is 2. The highest BCUT2D eigenvalue weighted by Crippen LogP contribution is 2.32. The van der Waals surface area contributed by atoms with Crippen LogP contribution in [0.15, 0.2) is 12.1 Å². The number of alkyl halides is 3. The summed E-state index contributed by atoms with van der Waals surface area (Å²) in [5.74, 6) is -2.84. The summed E-state index contributed by atoms with van der Waals surface area (Å²) >= 11 is 0. The average Bonchev–Trinajstić information content (AvgIpc) is 2.34. The van der Waals surface area contributed by atoms with Crippen LogP contribution < -0.4 is 0 Å². The summed E-state index contributed by atoms with van der Waals surface area (Å²) in [6.07, 6.45) is -4.93. The van der Waals surface area contributed by atoms with Gasteiger partial charge in [0, 0.05) is 5.39 Å². The predicted octanol–water partition coefficient (Wildman–Crippen LogP) is 3.61. The van der Waals surface area contributed by atoms with Crippen LogP contribution in [0.2, 0.25) is 0 Å². The number of hydrogen-bond acceptors (Lipinski definition) is 3. The van der Waals surface area contributed by atoms with Crippen LogP contribution in [0.3, 0.4) is 0 Å². The zero-order chi connectivity index (χ0) is 15.9. The van der Waals surface area contributed by atoms with Gasteiger partial charge in [-0.05, 0) is 18.1 Å². The third kappa shape index (κ3) is 2.79. The number of carboxylic acid groups (broad SMARTS) is 1. The van der Waals surface area contributed by atoms with Crippen LogP contribution >= 0.6 is 0 Å². The summed E-state index contributed by atoms with van der Waals surface area (Å²) in [5, 5.41) is 8.75. The minimum absolute atomic E-state index is 0.0220. The highest BCUT2D eigenvalue weighted by Gasteiger charge is 2.38. The molecule has 2 heterocycles. The van der Waals surface area contributed by atoms with E-state index >= 15 is 0 Å². The fourth-order valence-corrected chi connectivity index (χ4v) is 1.88. The number of fused-ring (bicyclic) bond motifs is 1. The van der Waals surface area contributed by atoms with Gasteiger partial charge in [-0.25, -0.2) is 19.2 Å². The summed E-state index contributed by atoms with van der Waals surface area (Å²) in [4.78, 5) is 18.0. The lowest BCUT2D eigenvalue weighted by molar-refractivity contribution is -0.141. The van der Waals surface area contributed by atoms with Gasteiger partial charge in [-0.3, -0.25) is 0 Å². The van der Waals surface area contributed by atoms with Crippen molar-refractivity contribution in [3.8, 4) is 0 Å². The number of aromatic carboxylic acids is 1. The first-order valence-corrected chi connectivity index (χ1v) is 5.93. The van der Waals surface area contributed by atoms with Crippen LogP contribution in [0, 0.1) is 5.82 Å². The van der Waals surface area contributed by atoms with Crippen molar-refractivity contribution in [2.24, 2.45) is 0 Å². The molecule has 0 aromatic carbocycles. The van der Waals surface area contributed by atoms with Crippen LogP contribution in [0.4, 0.5) is 17.6 Å². The Bertz CT molecular complexity index is 726. The lowest BCUT2D eigenvalue weighted by Crippen LogP contribution is -2.16. The molecule has 0 aliphatic rings. The molecule has 0 aliphatic carbocycles. The smallest absolute Gasteiger partial charge is 0.434 e. The molecule has 2 aromatic rings. The van der Waals surface area contributed by atoms with E-state index in [4.69, 9.17) is 5.11 Å². The first-order valence-electron chi connectivity index (χ1n) is 5.93. The second-order valence-corrected chi connectivity index (χ2v) is 4.74. The minimum Gasteiger partial charge on any atom is -0.478 e. The first kappa shape index (κ1) is 15.1. The Morgan fingerprint density at radius 3 is 2.33 bits per heavy atom. The van der Waals surface area contributed by atoms with Crippen molar-refractivity contribution in [1.29, 1.82) is 0 Å². The fraction of sp³-hybridized carbons (Fsp3) is 0.308. The highest BCUT2D eigenvalue weighted by atomic mass is 19.4. The zero-order valence-corrected chi connectivity index (χ0v) is 11.0. The van der Waals surface area contributed by atoms with Gasteiger partial charge in [0.1, 0.15) is 5.82 Å². The topological polar surface area (TPSA) is 63.1 Å². The maximum atomic E-state index is 13.8. The van der Waals surface area contributed by atoms with Gasteiger partial charge in [0.25, 0.3) is 0 Å². The summed E-state index contributed by atoms with van der Waals surface area (Å²) < 4.78 is 52.3. The van der Waals surface area contributed by atoms with E-state index in [1.807, 2.05) is 0 Å². The van der Waals surface area contributed by atoms with Crippen LogP contribution in [0.5, 0.6) is 0 Å². The molecule has 2 aromatic heterocycles. The molecule has 21 heavy (non-hydrogen) atoms. The second-order valence-electron chi connectivity index (χ2n) is 4.74. The minimum atomic E-state index is -4.93. The number of carbonyl (C=O) groups is 1. The number of pyridine rings is 2. The van der Waals surface area contributed by atoms with E-state index in [0.29, 0.717) is 0 Å². The second kappa shape index (κ2) is 4.94. The van der Waals surface area contributed by atoms with E-state index in [2.05, 4.69) is 9.97 Å². The molecule has 0 saturated carbocycles. The van der Waals surface area contributed by atoms with E-state index in [9.17, 15) is 22.4 Å². The Labute approximate surface area is 116 Å². The summed E-state index contributed by atoms with van der Waals surface area (Å²) in [7, 11) is 0. The van der Waals surface area contributed by atoms with Gasteiger partial charge < -0.3 is 5.11 Å². The van der Waals surface area contributed by atoms with E-state index < -0.39 is 29.2 Å². The number of carboxylic acids is 1. The summed E-state index contributed by atoms with van der Waals surface area (Å²) in [6.45, 7) is 3.26. The number of rotatable bonds is 2. The molecule has 0 radical (unpaired) electrons. The van der Waals surface area contributed by atoms with Gasteiger partial charge in [-0.2, -0.15) is 13.2 Å². The Balaban J connectivity index is 2.82. The lowest BCUT2D eigenvalue weighted by Gasteiger charge is -2.12. The highest BCUT2D eigenvalue weighted by molar-refractivity contribution is 5.93. The number of hydrogen-bond donors (Lipinski definition) is 1. The molecular formula is C13H10F4N2O2. The molecule has 0 spiro atoms. The van der Waals surface area contributed by atoms with Crippen molar-refractivity contribution in [2.45, 2.75) is 25.9 Å². The van der Waals surface area contributed by atoms with Gasteiger partial charge >= 0.3 is 12.1 Å². The van der Waals surface area contributed by atoms with Crippen molar-refractivity contribution in [2.75, 3.05) is 0 Å². The molecule has 0 bridgehead atoms. The van der Waals surface area contributed by atoms with Gasteiger partial charge in [-0.15, -0.1) is 0 Å². The average molecular weight is 302 g/mol. The molecule has 0 atom stereocenters. The number of aromatic nitrogens is 2. The molecule has 2 rings (SSSR count). The van der Waals surface area contributed by atoms with E-state index in [1.54, 1.807) is 13.8 Å². The Morgan fingerprint density at radius 1 is 1.24 bits per heavy atom. The Morgan fingerprint density at radius 2 is 1.86 bits per heavy atom. The van der Waals surface area contributed by atoms with Crippen LogP contribution in [-0.2, 0) is 6.18 Å². The molecule has 0 saturated heterocycles. The van der Waals surface area contributed by atoms with Gasteiger partial charge in [0.15, 0.2) is 11.3 Å². The van der Waals surface area contributed by atoms with Gasteiger partial charge in [-0.1, -0.05) is 13.8 Å². The molecule has 1 N–H and O–H groups in total. The third-order valence-electron chi connectivity index (χ3n) is 2.83. The van der Waals surface area contributed by atoms with E-state index in [1.165, 1.54) is 0 Å². The van der Waals surface area contributed by atoms with Crippen LogP contribution in [0.25, 0.3) is 11.0 Å². The summed E-state index contributed by atoms with van der Waals surface area (Å²) in [6, 6.07) is 1.67. The third-order valence-corrected chi connectivity index (χ3v) is 2.83. The van der Waals surface area contributed by atoms with Crippen LogP contribution in [0.1, 0.15) is 41.5 Å². The molecular weight excluding hydrogens is 292 g/mol. The normalized spacial score (nSPS) is 12.1. The monoisotopic (exact) mass is 302 g/mol. The SMILES string of the molecule is CC(C)c1nc2nc(C(F)(F)F)c(C(=O)O)cc2cc1F. The van der Waals surface area contributed by atoms with Crippen LogP contribution in [-0.4, -0.2) is 21.0 Å². The maximum absolute atomic E-state index is 13.8. The zero-order valence-electron chi connectivity index (χ0n) is 11.0. The number of halogens is 4. The molecule has 112 valence electrons. The molecule has 0 unspecified atom stereocenters.